The van der Waals surface area contributed by atoms with Gasteiger partial charge in [0.1, 0.15) is 0 Å². The molecule has 0 radical (unpaired) electrons. The van der Waals surface area contributed by atoms with Crippen molar-refractivity contribution >= 4 is 27.7 Å². The van der Waals surface area contributed by atoms with E-state index in [0.717, 1.165) is 48.6 Å². The fourth-order valence-corrected chi connectivity index (χ4v) is 3.60. The number of benzene rings is 1. The van der Waals surface area contributed by atoms with Crippen molar-refractivity contribution in [3.05, 3.63) is 46.2 Å². The highest BCUT2D eigenvalue weighted by Gasteiger charge is 2.19. The lowest BCUT2D eigenvalue weighted by atomic mass is 10.2. The molecule has 1 fully saturated rings. The van der Waals surface area contributed by atoms with E-state index in [4.69, 9.17) is 0 Å². The summed E-state index contributed by atoms with van der Waals surface area (Å²) < 4.78 is 2.73. The van der Waals surface area contributed by atoms with E-state index < -0.39 is 0 Å². The number of nitrogens with one attached hydrogen (secondary N) is 1. The van der Waals surface area contributed by atoms with Crippen LogP contribution in [0.15, 0.2) is 34.9 Å². The van der Waals surface area contributed by atoms with E-state index in [9.17, 15) is 9.59 Å². The molecule has 1 N–H and O–H groups in total. The van der Waals surface area contributed by atoms with E-state index in [1.807, 2.05) is 36.1 Å². The second-order valence-electron chi connectivity index (χ2n) is 6.64. The summed E-state index contributed by atoms with van der Waals surface area (Å²) in [7, 11) is 0. The molecule has 0 unspecified atom stereocenters. The SMILES string of the molecule is CC(=O)N1CCN(CCNC(=O)c2cnn(-c3cccc(Br)c3)c2C)CC1. The average Bonchev–Trinajstić information content (AvgIpc) is 3.03. The lowest BCUT2D eigenvalue weighted by molar-refractivity contribution is -0.130. The zero-order chi connectivity index (χ0) is 19.4. The van der Waals surface area contributed by atoms with Crippen molar-refractivity contribution in [3.63, 3.8) is 0 Å². The summed E-state index contributed by atoms with van der Waals surface area (Å²) in [5, 5.41) is 7.33. The van der Waals surface area contributed by atoms with Crippen LogP contribution in [0.4, 0.5) is 0 Å². The van der Waals surface area contributed by atoms with Gasteiger partial charge in [-0.1, -0.05) is 22.0 Å². The summed E-state index contributed by atoms with van der Waals surface area (Å²) in [6, 6.07) is 7.80. The molecule has 1 aliphatic heterocycles. The first-order chi connectivity index (χ1) is 13.0. The Balaban J connectivity index is 1.53. The summed E-state index contributed by atoms with van der Waals surface area (Å²) in [6.45, 7) is 8.03. The number of hydrogen-bond donors (Lipinski definition) is 1. The molecule has 1 saturated heterocycles. The molecule has 2 aromatic rings. The number of rotatable bonds is 5. The van der Waals surface area contributed by atoms with Crippen molar-refractivity contribution in [2.45, 2.75) is 13.8 Å². The number of carbonyl (C=O) groups excluding carboxylic acids is 2. The molecule has 7 nitrogen and oxygen atoms in total. The molecule has 0 saturated carbocycles. The molecule has 0 atom stereocenters. The third kappa shape index (κ3) is 4.75. The van der Waals surface area contributed by atoms with Gasteiger partial charge in [0.15, 0.2) is 0 Å². The van der Waals surface area contributed by atoms with Crippen LogP contribution < -0.4 is 5.32 Å². The van der Waals surface area contributed by atoms with Gasteiger partial charge in [-0.25, -0.2) is 4.68 Å². The van der Waals surface area contributed by atoms with Gasteiger partial charge < -0.3 is 10.2 Å². The number of amides is 2. The number of nitrogens with zero attached hydrogens (tertiary/aromatic N) is 4. The molecule has 0 bridgehead atoms. The Labute approximate surface area is 167 Å². The standard InChI is InChI=1S/C19H24BrN5O2/c1-14-18(13-22-25(14)17-5-3-4-16(20)12-17)19(27)21-6-7-23-8-10-24(11-9-23)15(2)26/h3-5,12-13H,6-11H2,1-2H3,(H,21,27). The van der Waals surface area contributed by atoms with Crippen molar-refractivity contribution in [1.82, 2.24) is 24.9 Å². The minimum absolute atomic E-state index is 0.115. The maximum atomic E-state index is 12.5. The molecular formula is C19H24BrN5O2. The summed E-state index contributed by atoms with van der Waals surface area (Å²) >= 11 is 3.46. The van der Waals surface area contributed by atoms with Crippen molar-refractivity contribution in [1.29, 1.82) is 0 Å². The fourth-order valence-electron chi connectivity index (χ4n) is 3.21. The monoisotopic (exact) mass is 433 g/mol. The second kappa shape index (κ2) is 8.67. The molecule has 1 aromatic heterocycles. The fraction of sp³-hybridized carbons (Fsp3) is 0.421. The van der Waals surface area contributed by atoms with Gasteiger partial charge in [0.25, 0.3) is 5.91 Å². The highest BCUT2D eigenvalue weighted by molar-refractivity contribution is 9.10. The molecule has 1 aliphatic rings. The van der Waals surface area contributed by atoms with Crippen molar-refractivity contribution in [2.24, 2.45) is 0 Å². The van der Waals surface area contributed by atoms with Gasteiger partial charge in [-0.2, -0.15) is 5.10 Å². The maximum absolute atomic E-state index is 12.5. The zero-order valence-electron chi connectivity index (χ0n) is 15.6. The van der Waals surface area contributed by atoms with E-state index in [1.165, 1.54) is 0 Å². The van der Waals surface area contributed by atoms with Crippen LogP contribution in [0.3, 0.4) is 0 Å². The third-order valence-corrected chi connectivity index (χ3v) is 5.33. The lowest BCUT2D eigenvalue weighted by Crippen LogP contribution is -2.49. The van der Waals surface area contributed by atoms with Crippen molar-refractivity contribution < 1.29 is 9.59 Å². The predicted molar refractivity (Wildman–Crippen MR) is 107 cm³/mol. The Morgan fingerprint density at radius 1 is 1.22 bits per heavy atom. The van der Waals surface area contributed by atoms with E-state index in [-0.39, 0.29) is 11.8 Å². The molecule has 2 amide bonds. The van der Waals surface area contributed by atoms with Gasteiger partial charge in [-0.05, 0) is 25.1 Å². The van der Waals surface area contributed by atoms with Crippen LogP contribution in [0.25, 0.3) is 5.69 Å². The van der Waals surface area contributed by atoms with E-state index in [2.05, 4.69) is 31.2 Å². The van der Waals surface area contributed by atoms with Gasteiger partial charge in [-0.15, -0.1) is 0 Å². The smallest absolute Gasteiger partial charge is 0.254 e. The van der Waals surface area contributed by atoms with Gasteiger partial charge in [0.2, 0.25) is 5.91 Å². The molecule has 3 rings (SSSR count). The zero-order valence-corrected chi connectivity index (χ0v) is 17.2. The minimum atomic E-state index is -0.115. The Kier molecular flexibility index (Phi) is 6.28. The van der Waals surface area contributed by atoms with E-state index in [0.29, 0.717) is 12.1 Å². The first kappa shape index (κ1) is 19.6. The molecule has 2 heterocycles. The van der Waals surface area contributed by atoms with Crippen LogP contribution in [0, 0.1) is 6.92 Å². The van der Waals surface area contributed by atoms with Crippen molar-refractivity contribution in [2.75, 3.05) is 39.3 Å². The van der Waals surface area contributed by atoms with Gasteiger partial charge in [0.05, 0.1) is 23.1 Å². The van der Waals surface area contributed by atoms with Crippen LogP contribution >= 0.6 is 15.9 Å². The van der Waals surface area contributed by atoms with Gasteiger partial charge in [-0.3, -0.25) is 14.5 Å². The molecule has 144 valence electrons. The van der Waals surface area contributed by atoms with Crippen molar-refractivity contribution in [3.8, 4) is 5.69 Å². The summed E-state index contributed by atoms with van der Waals surface area (Å²) in [6.07, 6.45) is 1.61. The molecule has 0 spiro atoms. The molecule has 0 aliphatic carbocycles. The Hall–Kier alpha value is -2.19. The predicted octanol–water partition coefficient (Wildman–Crippen LogP) is 1.84. The van der Waals surface area contributed by atoms with E-state index >= 15 is 0 Å². The Morgan fingerprint density at radius 2 is 1.96 bits per heavy atom. The normalized spacial score (nSPS) is 15.0. The summed E-state index contributed by atoms with van der Waals surface area (Å²) in [4.78, 5) is 28.0. The first-order valence-electron chi connectivity index (χ1n) is 9.02. The molecular weight excluding hydrogens is 410 g/mol. The average molecular weight is 434 g/mol. The number of piperazine rings is 1. The van der Waals surface area contributed by atoms with Crippen LogP contribution in [0.1, 0.15) is 23.0 Å². The topological polar surface area (TPSA) is 70.5 Å². The highest BCUT2D eigenvalue weighted by Crippen LogP contribution is 2.18. The second-order valence-corrected chi connectivity index (χ2v) is 7.55. The molecule has 8 heteroatoms. The summed E-state index contributed by atoms with van der Waals surface area (Å²) in [5.41, 5.74) is 2.29. The molecule has 27 heavy (non-hydrogen) atoms. The number of halogens is 1. The van der Waals surface area contributed by atoms with E-state index in [1.54, 1.807) is 17.8 Å². The maximum Gasteiger partial charge on any atom is 0.254 e. The van der Waals surface area contributed by atoms with Crippen LogP contribution in [0.2, 0.25) is 0 Å². The third-order valence-electron chi connectivity index (χ3n) is 4.84. The van der Waals surface area contributed by atoms with Crippen LogP contribution in [-0.2, 0) is 4.79 Å². The Morgan fingerprint density at radius 3 is 2.63 bits per heavy atom. The highest BCUT2D eigenvalue weighted by atomic mass is 79.9. The minimum Gasteiger partial charge on any atom is -0.351 e. The molecule has 1 aromatic carbocycles. The van der Waals surface area contributed by atoms with Gasteiger partial charge in [0, 0.05) is 50.7 Å². The largest absolute Gasteiger partial charge is 0.351 e. The first-order valence-corrected chi connectivity index (χ1v) is 9.81. The number of aromatic nitrogens is 2. The van der Waals surface area contributed by atoms with Gasteiger partial charge >= 0.3 is 0 Å². The van der Waals surface area contributed by atoms with Crippen LogP contribution in [0.5, 0.6) is 0 Å². The quantitative estimate of drug-likeness (QED) is 0.780. The summed E-state index contributed by atoms with van der Waals surface area (Å²) in [5.74, 6) is 0.0111. The Bertz CT molecular complexity index is 827. The number of hydrogen-bond acceptors (Lipinski definition) is 4. The van der Waals surface area contributed by atoms with Crippen LogP contribution in [-0.4, -0.2) is 70.7 Å². The lowest BCUT2D eigenvalue weighted by Gasteiger charge is -2.34. The number of carbonyl (C=O) groups is 2.